The Bertz CT molecular complexity index is 1210. The number of ether oxygens (including phenoxy) is 1. The highest BCUT2D eigenvalue weighted by Gasteiger charge is 2.22. The molecule has 0 saturated carbocycles. The van der Waals surface area contributed by atoms with Crippen LogP contribution in [0.25, 0.3) is 10.2 Å². The van der Waals surface area contributed by atoms with Crippen LogP contribution in [0, 0.1) is 0 Å². The van der Waals surface area contributed by atoms with E-state index < -0.39 is 0 Å². The molecule has 4 rings (SSSR count). The van der Waals surface area contributed by atoms with Gasteiger partial charge in [-0.15, -0.1) is 0 Å². The van der Waals surface area contributed by atoms with Crippen molar-refractivity contribution < 1.29 is 9.53 Å². The molecule has 1 heterocycles. The lowest BCUT2D eigenvalue weighted by Gasteiger charge is -2.24. The molecule has 0 saturated heterocycles. The molecule has 1 amide bonds. The fourth-order valence-electron chi connectivity index (χ4n) is 3.51. The maximum atomic E-state index is 13.6. The first-order valence-electron chi connectivity index (χ1n) is 11.0. The average Bonchev–Trinajstić information content (AvgIpc) is 3.25. The number of benzene rings is 3. The molecular weight excluding hydrogens is 498 g/mol. The Morgan fingerprint density at radius 2 is 1.64 bits per heavy atom. The summed E-state index contributed by atoms with van der Waals surface area (Å²) in [7, 11) is 0. The van der Waals surface area contributed by atoms with E-state index in [9.17, 15) is 4.79 Å². The summed E-state index contributed by atoms with van der Waals surface area (Å²) in [6.07, 6.45) is 0. The molecule has 4 aromatic rings. The second-order valence-electron chi connectivity index (χ2n) is 7.53. The lowest BCUT2D eigenvalue weighted by atomic mass is 10.2. The lowest BCUT2D eigenvalue weighted by molar-refractivity contribution is 0.0984. The summed E-state index contributed by atoms with van der Waals surface area (Å²) in [6.45, 7) is 7.51. The van der Waals surface area contributed by atoms with E-state index in [2.05, 4.69) is 34.7 Å². The fraction of sp³-hybridized carbons (Fsp3) is 0.231. The number of fused-ring (bicyclic) bond motifs is 1. The number of thiazole rings is 1. The van der Waals surface area contributed by atoms with Crippen molar-refractivity contribution in [2.24, 2.45) is 0 Å². The van der Waals surface area contributed by atoms with E-state index in [1.807, 2.05) is 72.8 Å². The van der Waals surface area contributed by atoms with Crippen molar-refractivity contribution in [3.63, 3.8) is 0 Å². The van der Waals surface area contributed by atoms with Crippen LogP contribution in [0.2, 0.25) is 0 Å². The number of carbonyl (C=O) groups is 1. The second kappa shape index (κ2) is 10.9. The molecule has 0 atom stereocenters. The fourth-order valence-corrected chi connectivity index (χ4v) is 5.05. The van der Waals surface area contributed by atoms with E-state index in [-0.39, 0.29) is 5.91 Å². The average molecular weight is 524 g/mol. The summed E-state index contributed by atoms with van der Waals surface area (Å²) in [4.78, 5) is 22.4. The molecule has 1 aromatic heterocycles. The minimum atomic E-state index is -0.0634. The minimum Gasteiger partial charge on any atom is -0.457 e. The predicted octanol–water partition coefficient (Wildman–Crippen LogP) is 6.84. The van der Waals surface area contributed by atoms with Gasteiger partial charge in [0.1, 0.15) is 11.5 Å². The first-order valence-corrected chi connectivity index (χ1v) is 12.6. The molecule has 0 aliphatic heterocycles. The molecule has 0 fully saturated rings. The molecule has 7 heteroatoms. The predicted molar refractivity (Wildman–Crippen MR) is 140 cm³/mol. The maximum absolute atomic E-state index is 13.6. The van der Waals surface area contributed by atoms with Crippen LogP contribution in [0.4, 0.5) is 5.13 Å². The van der Waals surface area contributed by atoms with Crippen LogP contribution in [0.5, 0.6) is 11.5 Å². The number of nitrogens with zero attached hydrogens (tertiary/aromatic N) is 3. The highest BCUT2D eigenvalue weighted by Crippen LogP contribution is 2.32. The van der Waals surface area contributed by atoms with Gasteiger partial charge in [0.25, 0.3) is 5.91 Å². The summed E-state index contributed by atoms with van der Waals surface area (Å²) < 4.78 is 7.92. The smallest absolute Gasteiger partial charge is 0.260 e. The van der Waals surface area contributed by atoms with E-state index in [0.717, 1.165) is 40.1 Å². The highest BCUT2D eigenvalue weighted by molar-refractivity contribution is 9.10. The van der Waals surface area contributed by atoms with Crippen molar-refractivity contribution >= 4 is 48.5 Å². The maximum Gasteiger partial charge on any atom is 0.260 e. The van der Waals surface area contributed by atoms with Crippen LogP contribution in [0.1, 0.15) is 24.2 Å². The standard InChI is InChI=1S/C26H26BrN3O2S/c1-3-29(4-2)16-17-30(26-28-23-15-12-20(27)18-24(23)33-26)25(31)19-10-13-22(14-11-19)32-21-8-6-5-7-9-21/h5-15,18H,3-4,16-17H2,1-2H3. The molecule has 0 spiro atoms. The van der Waals surface area contributed by atoms with Crippen LogP contribution < -0.4 is 9.64 Å². The third-order valence-corrected chi connectivity index (χ3v) is 6.96. The van der Waals surface area contributed by atoms with Gasteiger partial charge in [0, 0.05) is 23.1 Å². The van der Waals surface area contributed by atoms with Gasteiger partial charge in [0.05, 0.1) is 10.2 Å². The zero-order chi connectivity index (χ0) is 23.2. The zero-order valence-corrected chi connectivity index (χ0v) is 21.1. The second-order valence-corrected chi connectivity index (χ2v) is 9.46. The van der Waals surface area contributed by atoms with Crippen LogP contribution in [0.3, 0.4) is 0 Å². The number of para-hydroxylation sites is 1. The number of hydrogen-bond acceptors (Lipinski definition) is 5. The van der Waals surface area contributed by atoms with Gasteiger partial charge in [0.15, 0.2) is 5.13 Å². The molecule has 0 aliphatic carbocycles. The van der Waals surface area contributed by atoms with Crippen molar-refractivity contribution in [1.29, 1.82) is 0 Å². The van der Waals surface area contributed by atoms with Gasteiger partial charge in [-0.05, 0) is 67.7 Å². The highest BCUT2D eigenvalue weighted by atomic mass is 79.9. The molecule has 5 nitrogen and oxygen atoms in total. The molecule has 33 heavy (non-hydrogen) atoms. The summed E-state index contributed by atoms with van der Waals surface area (Å²) in [6, 6.07) is 22.9. The lowest BCUT2D eigenvalue weighted by Crippen LogP contribution is -2.38. The number of amides is 1. The quantitative estimate of drug-likeness (QED) is 0.241. The first-order chi connectivity index (χ1) is 16.1. The Kier molecular flexibility index (Phi) is 7.75. The van der Waals surface area contributed by atoms with Crippen molar-refractivity contribution in [1.82, 2.24) is 9.88 Å². The van der Waals surface area contributed by atoms with E-state index in [1.165, 1.54) is 11.3 Å². The monoisotopic (exact) mass is 523 g/mol. The number of aromatic nitrogens is 1. The Hall–Kier alpha value is -2.74. The molecule has 0 N–H and O–H groups in total. The number of hydrogen-bond donors (Lipinski definition) is 0. The van der Waals surface area contributed by atoms with Crippen molar-refractivity contribution in [2.45, 2.75) is 13.8 Å². The van der Waals surface area contributed by atoms with Gasteiger partial charge >= 0.3 is 0 Å². The van der Waals surface area contributed by atoms with Crippen LogP contribution in [-0.4, -0.2) is 42.0 Å². The van der Waals surface area contributed by atoms with E-state index in [0.29, 0.717) is 23.0 Å². The zero-order valence-electron chi connectivity index (χ0n) is 18.7. The first kappa shape index (κ1) is 23.4. The van der Waals surface area contributed by atoms with Gasteiger partial charge in [-0.2, -0.15) is 0 Å². The number of carbonyl (C=O) groups excluding carboxylic acids is 1. The van der Waals surface area contributed by atoms with Gasteiger partial charge in [0.2, 0.25) is 0 Å². The Balaban J connectivity index is 1.59. The topological polar surface area (TPSA) is 45.7 Å². The summed E-state index contributed by atoms with van der Waals surface area (Å²) >= 11 is 5.06. The Morgan fingerprint density at radius 3 is 2.33 bits per heavy atom. The van der Waals surface area contributed by atoms with Crippen LogP contribution >= 0.6 is 27.3 Å². The van der Waals surface area contributed by atoms with Gasteiger partial charge in [-0.3, -0.25) is 9.69 Å². The van der Waals surface area contributed by atoms with Crippen LogP contribution in [0.15, 0.2) is 77.3 Å². The minimum absolute atomic E-state index is 0.0634. The molecule has 0 bridgehead atoms. The van der Waals surface area contributed by atoms with Crippen molar-refractivity contribution in [3.8, 4) is 11.5 Å². The molecule has 0 unspecified atom stereocenters. The summed E-state index contributed by atoms with van der Waals surface area (Å²) in [5.41, 5.74) is 1.50. The molecule has 0 aliphatic rings. The molecular formula is C26H26BrN3O2S. The van der Waals surface area contributed by atoms with Crippen molar-refractivity contribution in [3.05, 3.63) is 82.8 Å². The number of anilines is 1. The van der Waals surface area contributed by atoms with Gasteiger partial charge in [-0.25, -0.2) is 4.98 Å². The van der Waals surface area contributed by atoms with E-state index in [4.69, 9.17) is 9.72 Å². The van der Waals surface area contributed by atoms with Gasteiger partial charge in [-0.1, -0.05) is 59.3 Å². The number of likely N-dealkylation sites (N-methyl/N-ethyl adjacent to an activating group) is 1. The Morgan fingerprint density at radius 1 is 0.939 bits per heavy atom. The molecule has 170 valence electrons. The SMILES string of the molecule is CCN(CC)CCN(C(=O)c1ccc(Oc2ccccc2)cc1)c1nc2ccc(Br)cc2s1. The molecule has 3 aromatic carbocycles. The van der Waals surface area contributed by atoms with E-state index in [1.54, 1.807) is 4.90 Å². The van der Waals surface area contributed by atoms with Crippen LogP contribution in [-0.2, 0) is 0 Å². The number of halogens is 1. The molecule has 0 radical (unpaired) electrons. The third kappa shape index (κ3) is 5.79. The summed E-state index contributed by atoms with van der Waals surface area (Å²) in [5, 5.41) is 0.713. The Labute approximate surface area is 206 Å². The summed E-state index contributed by atoms with van der Waals surface area (Å²) in [5.74, 6) is 1.39. The normalized spacial score (nSPS) is 11.2. The van der Waals surface area contributed by atoms with Crippen molar-refractivity contribution in [2.75, 3.05) is 31.1 Å². The third-order valence-electron chi connectivity index (χ3n) is 5.43. The van der Waals surface area contributed by atoms with E-state index >= 15 is 0 Å². The van der Waals surface area contributed by atoms with Gasteiger partial charge < -0.3 is 9.64 Å². The largest absolute Gasteiger partial charge is 0.457 e. The number of rotatable bonds is 9.